The molecular weight excluding hydrogens is 422 g/mol. The van der Waals surface area contributed by atoms with Crippen molar-refractivity contribution in [1.29, 1.82) is 0 Å². The van der Waals surface area contributed by atoms with Crippen LogP contribution in [-0.4, -0.2) is 65.1 Å². The number of nitrogens with two attached hydrogens (primary N) is 2. The van der Waals surface area contributed by atoms with Crippen LogP contribution in [0.3, 0.4) is 0 Å². The minimum atomic E-state index is -1.21. The van der Waals surface area contributed by atoms with E-state index in [0.717, 1.165) is 0 Å². The number of aromatic carboxylic acids is 1. The molecule has 1 fully saturated rings. The molecule has 11 heteroatoms. The first-order valence-electron chi connectivity index (χ1n) is 10.4. The lowest BCUT2D eigenvalue weighted by Crippen LogP contribution is -2.52. The van der Waals surface area contributed by atoms with Crippen LogP contribution in [0.5, 0.6) is 0 Å². The predicted octanol–water partition coefficient (Wildman–Crippen LogP) is -0.648. The van der Waals surface area contributed by atoms with E-state index in [0.29, 0.717) is 0 Å². The lowest BCUT2D eigenvalue weighted by atomic mass is 10.0. The van der Waals surface area contributed by atoms with Crippen molar-refractivity contribution in [2.75, 3.05) is 6.61 Å². The number of esters is 2. The fourth-order valence-electron chi connectivity index (χ4n) is 3.11. The molecule has 1 aromatic rings. The molecular formula is C21H32N3O8+. The zero-order chi connectivity index (χ0) is 24.2. The van der Waals surface area contributed by atoms with Crippen molar-refractivity contribution >= 4 is 17.9 Å². The Labute approximate surface area is 186 Å². The third-order valence-electron chi connectivity index (χ3n) is 5.31. The number of aliphatic hydroxyl groups is 1. The van der Waals surface area contributed by atoms with Gasteiger partial charge in [-0.15, -0.1) is 0 Å². The molecule has 11 nitrogen and oxygen atoms in total. The Morgan fingerprint density at radius 1 is 1.06 bits per heavy atom. The lowest BCUT2D eigenvalue weighted by Gasteiger charge is -2.25. The Bertz CT molecular complexity index is 831. The van der Waals surface area contributed by atoms with E-state index in [1.807, 2.05) is 0 Å². The van der Waals surface area contributed by atoms with Gasteiger partial charge in [-0.05, 0) is 17.9 Å². The monoisotopic (exact) mass is 454 g/mol. The van der Waals surface area contributed by atoms with Crippen LogP contribution >= 0.6 is 0 Å². The minimum absolute atomic E-state index is 0.0390. The summed E-state index contributed by atoms with van der Waals surface area (Å²) < 4.78 is 18.3. The molecule has 1 aliphatic heterocycles. The molecule has 0 amide bonds. The fraction of sp³-hybridized carbons (Fsp3) is 0.619. The van der Waals surface area contributed by atoms with Gasteiger partial charge in [-0.1, -0.05) is 27.7 Å². The molecule has 6 atom stereocenters. The molecule has 2 rings (SSSR count). The summed E-state index contributed by atoms with van der Waals surface area (Å²) >= 11 is 0. The average molecular weight is 455 g/mol. The zero-order valence-electron chi connectivity index (χ0n) is 18.6. The lowest BCUT2D eigenvalue weighted by molar-refractivity contribution is -0.765. The number of aliphatic hydroxyl groups excluding tert-OH is 1. The van der Waals surface area contributed by atoms with Crippen molar-refractivity contribution in [3.8, 4) is 0 Å². The summed E-state index contributed by atoms with van der Waals surface area (Å²) in [6.07, 6.45) is -1.72. The molecule has 32 heavy (non-hydrogen) atoms. The highest BCUT2D eigenvalue weighted by Crippen LogP contribution is 2.31. The maximum absolute atomic E-state index is 12.6. The van der Waals surface area contributed by atoms with Crippen LogP contribution in [0.4, 0.5) is 0 Å². The van der Waals surface area contributed by atoms with Crippen molar-refractivity contribution < 1.29 is 43.4 Å². The standard InChI is InChI=1S/C21H31N3O8/c1-10(2)14(22)20(28)31-16-13(9-25)30-18(17(16)32-21(29)15(23)11(3)4)24-7-5-6-12(8-24)19(26)27/h5-8,10-11,13-18,25H,9,22-23H2,1-4H3/p+1/t13-,14+,15+,16-,17-,18-/m1/s1. The normalized spacial score (nSPS) is 24.9. The molecule has 178 valence electrons. The molecule has 6 N–H and O–H groups in total. The second kappa shape index (κ2) is 10.8. The van der Waals surface area contributed by atoms with Crippen LogP contribution < -0.4 is 16.0 Å². The Kier molecular flexibility index (Phi) is 8.67. The highest BCUT2D eigenvalue weighted by Gasteiger charge is 2.55. The molecule has 2 heterocycles. The van der Waals surface area contributed by atoms with Crippen LogP contribution in [0.15, 0.2) is 24.5 Å². The smallest absolute Gasteiger partial charge is 0.341 e. The highest BCUT2D eigenvalue weighted by molar-refractivity contribution is 5.86. The number of hydrogen-bond acceptors (Lipinski definition) is 9. The van der Waals surface area contributed by atoms with Gasteiger partial charge in [-0.25, -0.2) is 4.79 Å². The van der Waals surface area contributed by atoms with Gasteiger partial charge in [-0.3, -0.25) is 9.59 Å². The number of aromatic nitrogens is 1. The highest BCUT2D eigenvalue weighted by atomic mass is 16.6. The van der Waals surface area contributed by atoms with Crippen LogP contribution in [0.1, 0.15) is 44.3 Å². The summed E-state index contributed by atoms with van der Waals surface area (Å²) in [7, 11) is 0. The number of carbonyl (C=O) groups is 3. The number of rotatable bonds is 9. The van der Waals surface area contributed by atoms with Crippen molar-refractivity contribution in [2.45, 2.75) is 64.3 Å². The van der Waals surface area contributed by atoms with E-state index in [-0.39, 0.29) is 17.4 Å². The Morgan fingerprint density at radius 3 is 2.06 bits per heavy atom. The van der Waals surface area contributed by atoms with E-state index < -0.39 is 61.1 Å². The van der Waals surface area contributed by atoms with Crippen LogP contribution in [0.2, 0.25) is 0 Å². The van der Waals surface area contributed by atoms with E-state index in [1.54, 1.807) is 27.7 Å². The number of hydrogen-bond donors (Lipinski definition) is 4. The summed E-state index contributed by atoms with van der Waals surface area (Å²) in [4.78, 5) is 36.5. The van der Waals surface area contributed by atoms with Gasteiger partial charge in [0.25, 0.3) is 0 Å². The first-order chi connectivity index (χ1) is 15.0. The van der Waals surface area contributed by atoms with Crippen molar-refractivity contribution in [3.05, 3.63) is 30.1 Å². The molecule has 0 radical (unpaired) electrons. The largest absolute Gasteiger partial charge is 0.477 e. The minimum Gasteiger partial charge on any atom is -0.477 e. The summed E-state index contributed by atoms with van der Waals surface area (Å²) in [5, 5.41) is 19.1. The Hall–Kier alpha value is -2.60. The van der Waals surface area contributed by atoms with Gasteiger partial charge in [0.15, 0.2) is 18.5 Å². The Balaban J connectivity index is 2.43. The molecule has 0 bridgehead atoms. The van der Waals surface area contributed by atoms with Crippen molar-refractivity contribution in [3.63, 3.8) is 0 Å². The zero-order valence-corrected chi connectivity index (χ0v) is 18.6. The van der Waals surface area contributed by atoms with Crippen molar-refractivity contribution in [1.82, 2.24) is 0 Å². The topological polar surface area (TPSA) is 175 Å². The first-order valence-corrected chi connectivity index (χ1v) is 10.4. The Morgan fingerprint density at radius 2 is 1.59 bits per heavy atom. The van der Waals surface area contributed by atoms with Crippen LogP contribution in [0, 0.1) is 11.8 Å². The number of carboxylic acids is 1. The fourth-order valence-corrected chi connectivity index (χ4v) is 3.11. The molecule has 0 spiro atoms. The maximum Gasteiger partial charge on any atom is 0.341 e. The number of nitrogens with zero attached hydrogens (tertiary/aromatic N) is 1. The molecule has 1 aromatic heterocycles. The SMILES string of the molecule is CC(C)[C@H](N)C(=O)O[C@@H]1[C@H](OC(=O)[C@@H](N)C(C)C)[C@@H](CO)O[C@H]1[n+]1cccc(C(=O)O)c1. The molecule has 1 saturated heterocycles. The van der Waals surface area contributed by atoms with Crippen LogP contribution in [-0.2, 0) is 23.8 Å². The van der Waals surface area contributed by atoms with Gasteiger partial charge < -0.3 is 35.9 Å². The molecule has 0 aliphatic carbocycles. The second-order valence-electron chi connectivity index (χ2n) is 8.44. The van der Waals surface area contributed by atoms with Gasteiger partial charge >= 0.3 is 24.1 Å². The van der Waals surface area contributed by atoms with E-state index in [1.165, 1.54) is 29.1 Å². The van der Waals surface area contributed by atoms with E-state index >= 15 is 0 Å². The van der Waals surface area contributed by atoms with E-state index in [4.69, 9.17) is 25.7 Å². The third-order valence-corrected chi connectivity index (χ3v) is 5.31. The summed E-state index contributed by atoms with van der Waals surface area (Å²) in [6, 6.07) is 0.971. The number of ether oxygens (including phenoxy) is 3. The first kappa shape index (κ1) is 25.7. The van der Waals surface area contributed by atoms with Gasteiger partial charge in [0.05, 0.1) is 6.61 Å². The second-order valence-corrected chi connectivity index (χ2v) is 8.44. The van der Waals surface area contributed by atoms with Gasteiger partial charge in [0.1, 0.15) is 23.8 Å². The van der Waals surface area contributed by atoms with Gasteiger partial charge in [-0.2, -0.15) is 4.57 Å². The summed E-state index contributed by atoms with van der Waals surface area (Å²) in [5.41, 5.74) is 11.8. The molecule has 0 saturated carbocycles. The molecule has 0 unspecified atom stereocenters. The van der Waals surface area contributed by atoms with Gasteiger partial charge in [0, 0.05) is 6.07 Å². The third kappa shape index (κ3) is 5.80. The van der Waals surface area contributed by atoms with Crippen molar-refractivity contribution in [2.24, 2.45) is 23.3 Å². The predicted molar refractivity (Wildman–Crippen MR) is 110 cm³/mol. The number of carboxylic acid groups (broad SMARTS) is 1. The van der Waals surface area contributed by atoms with Crippen LogP contribution in [0.25, 0.3) is 0 Å². The number of pyridine rings is 1. The van der Waals surface area contributed by atoms with Gasteiger partial charge in [0.2, 0.25) is 6.10 Å². The molecule has 1 aliphatic rings. The maximum atomic E-state index is 12.6. The quantitative estimate of drug-likeness (QED) is 0.277. The summed E-state index contributed by atoms with van der Waals surface area (Å²) in [5.74, 6) is -3.11. The average Bonchev–Trinajstić information content (AvgIpc) is 3.09. The van der Waals surface area contributed by atoms with E-state index in [2.05, 4.69) is 0 Å². The number of carbonyl (C=O) groups excluding carboxylic acids is 2. The molecule has 0 aromatic carbocycles. The summed E-state index contributed by atoms with van der Waals surface area (Å²) in [6.45, 7) is 6.44. The van der Waals surface area contributed by atoms with E-state index in [9.17, 15) is 24.6 Å².